The number of aromatic nitrogens is 2. The van der Waals surface area contributed by atoms with Gasteiger partial charge < -0.3 is 29.7 Å². The monoisotopic (exact) mass is 547 g/mol. The zero-order chi connectivity index (χ0) is 28.5. The first-order valence-corrected chi connectivity index (χ1v) is 12.4. The number of nitrogens with one attached hydrogen (secondary N) is 2. The molecule has 0 aliphatic carbocycles. The lowest BCUT2D eigenvalue weighted by Gasteiger charge is -2.23. The SMILES string of the molecule is COCCN(CC(=O)Nc1cc(-c2ccccc2)nn1-c1ccc(F)cc1)C(=O)Nc1ccc(OC)cc1OC. The predicted octanol–water partition coefficient (Wildman–Crippen LogP) is 4.81. The molecule has 0 saturated heterocycles. The van der Waals surface area contributed by atoms with Gasteiger partial charge in [-0.25, -0.2) is 13.9 Å². The van der Waals surface area contributed by atoms with E-state index in [1.807, 2.05) is 30.3 Å². The molecule has 0 fully saturated rings. The van der Waals surface area contributed by atoms with Crippen LogP contribution >= 0.6 is 0 Å². The lowest BCUT2D eigenvalue weighted by atomic mass is 10.1. The summed E-state index contributed by atoms with van der Waals surface area (Å²) in [6.45, 7) is 0.0930. The molecule has 0 aliphatic rings. The van der Waals surface area contributed by atoms with Gasteiger partial charge in [-0.1, -0.05) is 30.3 Å². The third kappa shape index (κ3) is 6.94. The maximum atomic E-state index is 13.6. The average molecular weight is 548 g/mol. The van der Waals surface area contributed by atoms with E-state index >= 15 is 0 Å². The molecule has 0 radical (unpaired) electrons. The number of urea groups is 1. The maximum Gasteiger partial charge on any atom is 0.322 e. The van der Waals surface area contributed by atoms with Gasteiger partial charge in [-0.05, 0) is 36.4 Å². The third-order valence-electron chi connectivity index (χ3n) is 5.95. The molecule has 4 rings (SSSR count). The van der Waals surface area contributed by atoms with Crippen LogP contribution < -0.4 is 20.1 Å². The molecule has 4 aromatic rings. The fourth-order valence-corrected chi connectivity index (χ4v) is 3.90. The highest BCUT2D eigenvalue weighted by atomic mass is 19.1. The molecule has 11 heteroatoms. The van der Waals surface area contributed by atoms with E-state index in [4.69, 9.17) is 14.2 Å². The van der Waals surface area contributed by atoms with Crippen LogP contribution in [0.15, 0.2) is 78.9 Å². The molecule has 3 aromatic carbocycles. The number of rotatable bonds is 11. The average Bonchev–Trinajstić information content (AvgIpc) is 3.39. The largest absolute Gasteiger partial charge is 0.497 e. The van der Waals surface area contributed by atoms with Gasteiger partial charge in [0.2, 0.25) is 5.91 Å². The lowest BCUT2D eigenvalue weighted by molar-refractivity contribution is -0.116. The quantitative estimate of drug-likeness (QED) is 0.279. The van der Waals surface area contributed by atoms with Crippen molar-refractivity contribution >= 4 is 23.4 Å². The Morgan fingerprint density at radius 1 is 0.925 bits per heavy atom. The number of hydrogen-bond acceptors (Lipinski definition) is 6. The molecule has 2 N–H and O–H groups in total. The van der Waals surface area contributed by atoms with Crippen molar-refractivity contribution in [3.63, 3.8) is 0 Å². The van der Waals surface area contributed by atoms with Gasteiger partial charge >= 0.3 is 6.03 Å². The second kappa shape index (κ2) is 13.3. The first-order chi connectivity index (χ1) is 19.4. The predicted molar refractivity (Wildman–Crippen MR) is 150 cm³/mol. The highest BCUT2D eigenvalue weighted by Crippen LogP contribution is 2.29. The molecule has 0 atom stereocenters. The molecule has 0 spiro atoms. The van der Waals surface area contributed by atoms with Crippen molar-refractivity contribution in [1.29, 1.82) is 0 Å². The minimum absolute atomic E-state index is 0.153. The van der Waals surface area contributed by atoms with E-state index in [0.717, 1.165) is 5.56 Å². The Labute approximate surface area is 231 Å². The van der Waals surface area contributed by atoms with Crippen molar-refractivity contribution < 1.29 is 28.2 Å². The van der Waals surface area contributed by atoms with Gasteiger partial charge in [-0.15, -0.1) is 0 Å². The molecule has 208 valence electrons. The minimum atomic E-state index is -0.521. The van der Waals surface area contributed by atoms with E-state index < -0.39 is 17.8 Å². The van der Waals surface area contributed by atoms with Crippen molar-refractivity contribution in [3.8, 4) is 28.4 Å². The molecular formula is C29H30FN5O5. The van der Waals surface area contributed by atoms with Crippen LogP contribution in [0.4, 0.5) is 20.7 Å². The van der Waals surface area contributed by atoms with Crippen LogP contribution in [0.3, 0.4) is 0 Å². The molecule has 0 bridgehead atoms. The van der Waals surface area contributed by atoms with Gasteiger partial charge in [-0.3, -0.25) is 4.79 Å². The van der Waals surface area contributed by atoms with E-state index in [9.17, 15) is 14.0 Å². The third-order valence-corrected chi connectivity index (χ3v) is 5.95. The lowest BCUT2D eigenvalue weighted by Crippen LogP contribution is -2.42. The van der Waals surface area contributed by atoms with Crippen LogP contribution in [0.5, 0.6) is 11.5 Å². The molecule has 1 heterocycles. The summed E-state index contributed by atoms with van der Waals surface area (Å²) in [6.07, 6.45) is 0. The van der Waals surface area contributed by atoms with E-state index in [-0.39, 0.29) is 19.7 Å². The van der Waals surface area contributed by atoms with Crippen LogP contribution in [-0.4, -0.2) is 67.6 Å². The van der Waals surface area contributed by atoms with E-state index in [1.54, 1.807) is 36.4 Å². The van der Waals surface area contributed by atoms with Gasteiger partial charge in [0.1, 0.15) is 29.7 Å². The van der Waals surface area contributed by atoms with Crippen molar-refractivity contribution in [2.24, 2.45) is 0 Å². The standard InChI is InChI=1S/C29H30FN5O5/c1-38-16-15-34(29(37)31-24-14-13-23(39-2)17-26(24)40-3)19-28(36)32-27-18-25(20-7-5-4-6-8-20)33-35(27)22-11-9-21(30)10-12-22/h4-14,17-18H,15-16,19H2,1-3H3,(H,31,37)(H,32,36). The number of amides is 3. The minimum Gasteiger partial charge on any atom is -0.497 e. The van der Waals surface area contributed by atoms with Gasteiger partial charge in [0, 0.05) is 31.4 Å². The number of anilines is 2. The highest BCUT2D eigenvalue weighted by Gasteiger charge is 2.21. The van der Waals surface area contributed by atoms with Crippen LogP contribution in [0.25, 0.3) is 16.9 Å². The number of methoxy groups -OCH3 is 3. The van der Waals surface area contributed by atoms with Crippen molar-refractivity contribution in [3.05, 3.63) is 84.7 Å². The van der Waals surface area contributed by atoms with E-state index in [0.29, 0.717) is 34.4 Å². The molecule has 0 aliphatic heterocycles. The molecule has 10 nitrogen and oxygen atoms in total. The van der Waals surface area contributed by atoms with Gasteiger partial charge in [-0.2, -0.15) is 5.10 Å². The Bertz CT molecular complexity index is 1440. The Hall–Kier alpha value is -4.90. The second-order valence-corrected chi connectivity index (χ2v) is 8.63. The molecule has 3 amide bonds. The Morgan fingerprint density at radius 3 is 2.35 bits per heavy atom. The van der Waals surface area contributed by atoms with Crippen LogP contribution in [-0.2, 0) is 9.53 Å². The van der Waals surface area contributed by atoms with Crippen LogP contribution in [0.2, 0.25) is 0 Å². The van der Waals surface area contributed by atoms with Crippen LogP contribution in [0.1, 0.15) is 0 Å². The Balaban J connectivity index is 1.55. The molecule has 0 saturated carbocycles. The summed E-state index contributed by atoms with van der Waals surface area (Å²) in [5.41, 5.74) is 2.42. The Kier molecular flexibility index (Phi) is 9.31. The first-order valence-electron chi connectivity index (χ1n) is 12.4. The zero-order valence-corrected chi connectivity index (χ0v) is 22.4. The van der Waals surface area contributed by atoms with Crippen molar-refractivity contribution in [2.75, 3.05) is 51.7 Å². The summed E-state index contributed by atoms with van der Waals surface area (Å²) in [7, 11) is 4.52. The topological polar surface area (TPSA) is 107 Å². The summed E-state index contributed by atoms with van der Waals surface area (Å²) < 4.78 is 30.8. The summed E-state index contributed by atoms with van der Waals surface area (Å²) in [6, 6.07) is 21.4. The molecule has 40 heavy (non-hydrogen) atoms. The van der Waals surface area contributed by atoms with Gasteiger partial charge in [0.15, 0.2) is 0 Å². The fraction of sp³-hybridized carbons (Fsp3) is 0.207. The van der Waals surface area contributed by atoms with Crippen LogP contribution in [0, 0.1) is 5.82 Å². The number of carbonyl (C=O) groups is 2. The normalized spacial score (nSPS) is 10.6. The van der Waals surface area contributed by atoms with Gasteiger partial charge in [0.05, 0.1) is 37.9 Å². The maximum absolute atomic E-state index is 13.6. The van der Waals surface area contributed by atoms with Crippen molar-refractivity contribution in [2.45, 2.75) is 0 Å². The summed E-state index contributed by atoms with van der Waals surface area (Å²) in [5, 5.41) is 10.2. The number of nitrogens with zero attached hydrogens (tertiary/aromatic N) is 3. The number of carbonyl (C=O) groups excluding carboxylic acids is 2. The Morgan fingerprint density at radius 2 is 1.68 bits per heavy atom. The smallest absolute Gasteiger partial charge is 0.322 e. The second-order valence-electron chi connectivity index (χ2n) is 8.63. The van der Waals surface area contributed by atoms with Crippen molar-refractivity contribution in [1.82, 2.24) is 14.7 Å². The highest BCUT2D eigenvalue weighted by molar-refractivity contribution is 5.97. The van der Waals surface area contributed by atoms with E-state index in [1.165, 1.54) is 43.0 Å². The number of halogens is 1. The molecule has 0 unspecified atom stereocenters. The zero-order valence-electron chi connectivity index (χ0n) is 22.4. The van der Waals surface area contributed by atoms with Gasteiger partial charge in [0.25, 0.3) is 0 Å². The number of hydrogen-bond donors (Lipinski definition) is 2. The number of ether oxygens (including phenoxy) is 3. The summed E-state index contributed by atoms with van der Waals surface area (Å²) in [4.78, 5) is 27.7. The first kappa shape index (κ1) is 28.1. The fourth-order valence-electron chi connectivity index (χ4n) is 3.90. The summed E-state index contributed by atoms with van der Waals surface area (Å²) in [5.74, 6) is 0.479. The molecule has 1 aromatic heterocycles. The van der Waals surface area contributed by atoms with E-state index in [2.05, 4.69) is 15.7 Å². The molecular weight excluding hydrogens is 517 g/mol. The number of benzene rings is 3. The summed E-state index contributed by atoms with van der Waals surface area (Å²) >= 11 is 0.